The highest BCUT2D eigenvalue weighted by molar-refractivity contribution is 8.01. The summed E-state index contributed by atoms with van der Waals surface area (Å²) in [5, 5.41) is 5.37. The molecule has 1 N–H and O–H groups in total. The molecule has 0 saturated heterocycles. The first-order chi connectivity index (χ1) is 8.29. The van der Waals surface area contributed by atoms with Gasteiger partial charge in [-0.2, -0.15) is 0 Å². The molecule has 90 valence electrons. The zero-order valence-corrected chi connectivity index (χ0v) is 11.6. The van der Waals surface area contributed by atoms with E-state index in [9.17, 15) is 0 Å². The van der Waals surface area contributed by atoms with Crippen LogP contribution in [0.25, 0.3) is 0 Å². The molecule has 0 aliphatic carbocycles. The molecule has 0 fully saturated rings. The Morgan fingerprint density at radius 1 is 1.35 bits per heavy atom. The number of aryl methyl sites for hydroxylation is 1. The van der Waals surface area contributed by atoms with E-state index >= 15 is 0 Å². The number of nitrogens with one attached hydrogen (secondary N) is 1. The summed E-state index contributed by atoms with van der Waals surface area (Å²) in [7, 11) is 2.01. The molecule has 0 aliphatic heterocycles. The Labute approximate surface area is 110 Å². The second-order valence-electron chi connectivity index (χ2n) is 3.86. The lowest BCUT2D eigenvalue weighted by Gasteiger charge is -2.15. The van der Waals surface area contributed by atoms with Crippen LogP contribution in [0.2, 0.25) is 0 Å². The highest BCUT2D eigenvalue weighted by Gasteiger charge is 2.10. The van der Waals surface area contributed by atoms with Gasteiger partial charge in [0.05, 0.1) is 0 Å². The van der Waals surface area contributed by atoms with Crippen LogP contribution in [0, 0.1) is 6.92 Å². The lowest BCUT2D eigenvalue weighted by atomic mass is 10.1. The molecule has 17 heavy (non-hydrogen) atoms. The molecule has 0 aliphatic rings. The van der Waals surface area contributed by atoms with Crippen LogP contribution < -0.4 is 5.32 Å². The topological polar surface area (TPSA) is 24.9 Å². The number of aromatic nitrogens is 1. The average Bonchev–Trinajstić information content (AvgIpc) is 2.85. The molecule has 0 spiro atoms. The maximum atomic E-state index is 4.28. The van der Waals surface area contributed by atoms with E-state index in [1.807, 2.05) is 18.6 Å². The number of rotatable bonds is 5. The molecule has 0 saturated carbocycles. The second kappa shape index (κ2) is 6.19. The highest BCUT2D eigenvalue weighted by Crippen LogP contribution is 2.26. The minimum Gasteiger partial charge on any atom is -0.312 e. The number of benzene rings is 1. The molecule has 4 heteroatoms. The number of nitrogens with zero attached hydrogens (tertiary/aromatic N) is 1. The van der Waals surface area contributed by atoms with Crippen molar-refractivity contribution in [2.45, 2.75) is 17.3 Å². The fourth-order valence-corrected chi connectivity index (χ4v) is 3.39. The van der Waals surface area contributed by atoms with Crippen LogP contribution in [-0.4, -0.2) is 17.8 Å². The molecule has 0 amide bonds. The molecule has 0 radical (unpaired) electrons. The van der Waals surface area contributed by atoms with Gasteiger partial charge < -0.3 is 5.32 Å². The molecule has 2 rings (SSSR count). The van der Waals surface area contributed by atoms with Crippen molar-refractivity contribution >= 4 is 23.1 Å². The van der Waals surface area contributed by atoms with Crippen molar-refractivity contribution in [3.63, 3.8) is 0 Å². The summed E-state index contributed by atoms with van der Waals surface area (Å²) in [4.78, 5) is 4.28. The molecule has 1 aromatic heterocycles. The van der Waals surface area contributed by atoms with Crippen molar-refractivity contribution in [2.75, 3.05) is 12.8 Å². The van der Waals surface area contributed by atoms with Gasteiger partial charge in [0.25, 0.3) is 0 Å². The third kappa shape index (κ3) is 3.56. The average molecular weight is 264 g/mol. The van der Waals surface area contributed by atoms with Crippen LogP contribution in [0.5, 0.6) is 0 Å². The van der Waals surface area contributed by atoms with Crippen LogP contribution in [-0.2, 0) is 0 Å². The summed E-state index contributed by atoms with van der Waals surface area (Å²) in [5.41, 5.74) is 2.64. The number of thioether (sulfide) groups is 1. The fourth-order valence-electron chi connectivity index (χ4n) is 1.58. The van der Waals surface area contributed by atoms with Gasteiger partial charge in [-0.1, -0.05) is 41.6 Å². The van der Waals surface area contributed by atoms with E-state index < -0.39 is 0 Å². The molecule has 0 bridgehead atoms. The zero-order chi connectivity index (χ0) is 12.1. The Morgan fingerprint density at radius 3 is 2.71 bits per heavy atom. The van der Waals surface area contributed by atoms with Gasteiger partial charge >= 0.3 is 0 Å². The van der Waals surface area contributed by atoms with E-state index in [-0.39, 0.29) is 0 Å². The SMILES string of the molecule is CNC(CSc1nccs1)c1ccc(C)cc1. The summed E-state index contributed by atoms with van der Waals surface area (Å²) in [6.07, 6.45) is 1.85. The highest BCUT2D eigenvalue weighted by atomic mass is 32.2. The Balaban J connectivity index is 1.99. The normalized spacial score (nSPS) is 12.6. The molecule has 1 heterocycles. The lowest BCUT2D eigenvalue weighted by molar-refractivity contribution is 0.661. The fraction of sp³-hybridized carbons (Fsp3) is 0.308. The molecule has 1 unspecified atom stereocenters. The van der Waals surface area contributed by atoms with Gasteiger partial charge in [0.15, 0.2) is 0 Å². The zero-order valence-electron chi connectivity index (χ0n) is 10.0. The van der Waals surface area contributed by atoms with Crippen molar-refractivity contribution < 1.29 is 0 Å². The smallest absolute Gasteiger partial charge is 0.149 e. The predicted molar refractivity (Wildman–Crippen MR) is 75.8 cm³/mol. The van der Waals surface area contributed by atoms with Crippen LogP contribution in [0.4, 0.5) is 0 Å². The summed E-state index contributed by atoms with van der Waals surface area (Å²) < 4.78 is 1.14. The Kier molecular flexibility index (Phi) is 4.59. The number of hydrogen-bond donors (Lipinski definition) is 1. The van der Waals surface area contributed by atoms with E-state index in [2.05, 4.69) is 41.5 Å². The molecule has 1 aromatic carbocycles. The largest absolute Gasteiger partial charge is 0.312 e. The van der Waals surface area contributed by atoms with Crippen molar-refractivity contribution in [2.24, 2.45) is 0 Å². The van der Waals surface area contributed by atoms with Crippen molar-refractivity contribution in [1.82, 2.24) is 10.3 Å². The molecular formula is C13H16N2S2. The van der Waals surface area contributed by atoms with Gasteiger partial charge in [-0.15, -0.1) is 11.3 Å². The van der Waals surface area contributed by atoms with Gasteiger partial charge in [-0.3, -0.25) is 0 Å². The van der Waals surface area contributed by atoms with E-state index in [1.54, 1.807) is 23.1 Å². The quantitative estimate of drug-likeness (QED) is 0.837. The first-order valence-electron chi connectivity index (χ1n) is 5.55. The summed E-state index contributed by atoms with van der Waals surface area (Å²) in [6, 6.07) is 9.09. The number of thiazole rings is 1. The summed E-state index contributed by atoms with van der Waals surface area (Å²) >= 11 is 3.50. The monoisotopic (exact) mass is 264 g/mol. The van der Waals surface area contributed by atoms with Crippen LogP contribution in [0.1, 0.15) is 17.2 Å². The molecule has 2 nitrogen and oxygen atoms in total. The third-order valence-corrected chi connectivity index (χ3v) is 4.67. The van der Waals surface area contributed by atoms with E-state index in [1.165, 1.54) is 11.1 Å². The molecular weight excluding hydrogens is 248 g/mol. The standard InChI is InChI=1S/C13H16N2S2/c1-10-3-5-11(6-4-10)12(14-2)9-17-13-15-7-8-16-13/h3-8,12,14H,9H2,1-2H3. The van der Waals surface area contributed by atoms with Crippen molar-refractivity contribution in [3.8, 4) is 0 Å². The van der Waals surface area contributed by atoms with Crippen LogP contribution in [0.3, 0.4) is 0 Å². The Morgan fingerprint density at radius 2 is 2.12 bits per heavy atom. The summed E-state index contributed by atoms with van der Waals surface area (Å²) in [6.45, 7) is 2.11. The summed E-state index contributed by atoms with van der Waals surface area (Å²) in [5.74, 6) is 1.01. The predicted octanol–water partition coefficient (Wildman–Crippen LogP) is 3.50. The maximum Gasteiger partial charge on any atom is 0.149 e. The van der Waals surface area contributed by atoms with Gasteiger partial charge in [0, 0.05) is 23.4 Å². The third-order valence-electron chi connectivity index (χ3n) is 2.61. The maximum absolute atomic E-state index is 4.28. The first kappa shape index (κ1) is 12.6. The minimum absolute atomic E-state index is 0.379. The Bertz CT molecular complexity index is 437. The Hall–Kier alpha value is -0.840. The van der Waals surface area contributed by atoms with Crippen LogP contribution in [0.15, 0.2) is 40.2 Å². The van der Waals surface area contributed by atoms with Gasteiger partial charge in [0.2, 0.25) is 0 Å². The van der Waals surface area contributed by atoms with Gasteiger partial charge in [0.1, 0.15) is 4.34 Å². The van der Waals surface area contributed by atoms with Crippen LogP contribution >= 0.6 is 23.1 Å². The lowest BCUT2D eigenvalue weighted by Crippen LogP contribution is -2.18. The minimum atomic E-state index is 0.379. The van der Waals surface area contributed by atoms with Crippen molar-refractivity contribution in [1.29, 1.82) is 0 Å². The molecule has 1 atom stereocenters. The van der Waals surface area contributed by atoms with Gasteiger partial charge in [-0.25, -0.2) is 4.98 Å². The van der Waals surface area contributed by atoms with Gasteiger partial charge in [-0.05, 0) is 19.5 Å². The van der Waals surface area contributed by atoms with E-state index in [0.717, 1.165) is 10.1 Å². The first-order valence-corrected chi connectivity index (χ1v) is 7.42. The second-order valence-corrected chi connectivity index (χ2v) is 6.02. The number of hydrogen-bond acceptors (Lipinski definition) is 4. The molecule has 2 aromatic rings. The van der Waals surface area contributed by atoms with Crippen molar-refractivity contribution in [3.05, 3.63) is 47.0 Å². The van der Waals surface area contributed by atoms with E-state index in [0.29, 0.717) is 6.04 Å². The van der Waals surface area contributed by atoms with E-state index in [4.69, 9.17) is 0 Å².